The first-order valence-electron chi connectivity index (χ1n) is 14.6. The standard InChI is InChI=1S/C33H49N3O3/c1-9-36(28-14-12-27(13-15-28)25(6)22(3)11-10-16-39-8)31-18-21(2)17-29(26(31)7)32(37)34-20-30-23(4)19-24(5)35-33(30)38/h17-19,22,27-28H,6,9-16,20H2,1-5,7-8H3,(H,34,37)(H,35,38). The number of carbonyl (C=O) groups excluding carboxylic acids is 1. The summed E-state index contributed by atoms with van der Waals surface area (Å²) in [6, 6.07) is 6.56. The molecule has 1 unspecified atom stereocenters. The highest BCUT2D eigenvalue weighted by Crippen LogP contribution is 2.38. The van der Waals surface area contributed by atoms with Crippen LogP contribution in [0.1, 0.15) is 90.7 Å². The van der Waals surface area contributed by atoms with Gasteiger partial charge in [0.2, 0.25) is 0 Å². The van der Waals surface area contributed by atoms with E-state index in [0.717, 1.165) is 79.7 Å². The third kappa shape index (κ3) is 7.63. The number of aromatic amines is 1. The molecule has 2 N–H and O–H groups in total. The molecule has 1 aliphatic rings. The molecule has 1 aromatic carbocycles. The number of methoxy groups -OCH3 is 1. The maximum absolute atomic E-state index is 13.3. The van der Waals surface area contributed by atoms with Crippen LogP contribution in [0.3, 0.4) is 0 Å². The first kappa shape index (κ1) is 30.7. The third-order valence-electron chi connectivity index (χ3n) is 8.62. The number of rotatable bonds is 12. The highest BCUT2D eigenvalue weighted by molar-refractivity contribution is 5.97. The van der Waals surface area contributed by atoms with Crippen LogP contribution < -0.4 is 15.8 Å². The second-order valence-electron chi connectivity index (χ2n) is 11.5. The van der Waals surface area contributed by atoms with Gasteiger partial charge in [0.25, 0.3) is 11.5 Å². The number of benzene rings is 1. The Balaban J connectivity index is 1.71. The topological polar surface area (TPSA) is 74.4 Å². The molecule has 1 amide bonds. The number of carbonyl (C=O) groups is 1. The van der Waals surface area contributed by atoms with Crippen LogP contribution in [0.25, 0.3) is 0 Å². The van der Waals surface area contributed by atoms with Crippen LogP contribution in [-0.2, 0) is 11.3 Å². The van der Waals surface area contributed by atoms with Gasteiger partial charge >= 0.3 is 0 Å². The van der Waals surface area contributed by atoms with Crippen molar-refractivity contribution in [3.8, 4) is 0 Å². The summed E-state index contributed by atoms with van der Waals surface area (Å²) in [5, 5.41) is 3.00. The lowest BCUT2D eigenvalue weighted by Crippen LogP contribution is -2.39. The van der Waals surface area contributed by atoms with Gasteiger partial charge in [0.1, 0.15) is 0 Å². The van der Waals surface area contributed by atoms with Crippen molar-refractivity contribution >= 4 is 11.6 Å². The van der Waals surface area contributed by atoms with Gasteiger partial charge in [-0.05, 0) is 120 Å². The molecule has 0 aliphatic heterocycles. The van der Waals surface area contributed by atoms with Gasteiger partial charge in [-0.25, -0.2) is 0 Å². The van der Waals surface area contributed by atoms with Crippen molar-refractivity contribution in [2.24, 2.45) is 11.8 Å². The van der Waals surface area contributed by atoms with Crippen molar-refractivity contribution in [2.45, 2.75) is 92.7 Å². The fourth-order valence-electron chi connectivity index (χ4n) is 6.24. The molecule has 6 nitrogen and oxygen atoms in total. The number of H-pyrrole nitrogens is 1. The second kappa shape index (κ2) is 14.0. The van der Waals surface area contributed by atoms with E-state index in [1.807, 2.05) is 39.8 Å². The minimum atomic E-state index is -0.144. The lowest BCUT2D eigenvalue weighted by molar-refractivity contribution is 0.0950. The number of aromatic nitrogens is 1. The summed E-state index contributed by atoms with van der Waals surface area (Å²) in [6.07, 6.45) is 6.81. The molecule has 0 radical (unpaired) electrons. The molecule has 1 aromatic heterocycles. The molecule has 39 heavy (non-hydrogen) atoms. The smallest absolute Gasteiger partial charge is 0.253 e. The third-order valence-corrected chi connectivity index (χ3v) is 8.62. The number of hydrogen-bond donors (Lipinski definition) is 2. The highest BCUT2D eigenvalue weighted by atomic mass is 16.5. The van der Waals surface area contributed by atoms with Crippen LogP contribution in [0.15, 0.2) is 35.1 Å². The van der Waals surface area contributed by atoms with Crippen molar-refractivity contribution < 1.29 is 9.53 Å². The van der Waals surface area contributed by atoms with Crippen molar-refractivity contribution in [3.05, 3.63) is 74.2 Å². The van der Waals surface area contributed by atoms with E-state index < -0.39 is 0 Å². The normalized spacial score (nSPS) is 18.0. The average Bonchev–Trinajstić information content (AvgIpc) is 2.90. The number of anilines is 1. The van der Waals surface area contributed by atoms with Gasteiger partial charge in [-0.2, -0.15) is 0 Å². The van der Waals surface area contributed by atoms with Crippen LogP contribution in [0.2, 0.25) is 0 Å². The van der Waals surface area contributed by atoms with Gasteiger partial charge in [0.05, 0.1) is 0 Å². The Kier molecular flexibility index (Phi) is 11.0. The predicted molar refractivity (Wildman–Crippen MR) is 162 cm³/mol. The molecule has 2 aromatic rings. The Bertz CT molecular complexity index is 1210. The van der Waals surface area contributed by atoms with E-state index in [-0.39, 0.29) is 18.0 Å². The number of hydrogen-bond acceptors (Lipinski definition) is 4. The molecule has 1 fully saturated rings. The molecule has 0 bridgehead atoms. The van der Waals surface area contributed by atoms with E-state index in [2.05, 4.69) is 41.7 Å². The summed E-state index contributed by atoms with van der Waals surface area (Å²) in [5.74, 6) is 0.976. The van der Waals surface area contributed by atoms with E-state index >= 15 is 0 Å². The monoisotopic (exact) mass is 535 g/mol. The van der Waals surface area contributed by atoms with Gasteiger partial charge in [-0.15, -0.1) is 0 Å². The molecule has 6 heteroatoms. The molecular weight excluding hydrogens is 486 g/mol. The Morgan fingerprint density at radius 1 is 1.15 bits per heavy atom. The molecule has 0 spiro atoms. The Labute approximate surface area is 235 Å². The summed E-state index contributed by atoms with van der Waals surface area (Å²) < 4.78 is 5.23. The molecule has 1 heterocycles. The number of nitrogens with one attached hydrogen (secondary N) is 2. The molecule has 0 saturated heterocycles. The maximum Gasteiger partial charge on any atom is 0.253 e. The lowest BCUT2D eigenvalue weighted by atomic mass is 9.76. The highest BCUT2D eigenvalue weighted by Gasteiger charge is 2.29. The molecular formula is C33H49N3O3. The Morgan fingerprint density at radius 2 is 1.85 bits per heavy atom. The molecule has 1 atom stereocenters. The van der Waals surface area contributed by atoms with E-state index in [0.29, 0.717) is 29.0 Å². The number of aryl methyl sites for hydroxylation is 3. The average molecular weight is 536 g/mol. The molecule has 3 rings (SSSR count). The number of amides is 1. The van der Waals surface area contributed by atoms with E-state index in [1.165, 1.54) is 5.57 Å². The molecule has 214 valence electrons. The largest absolute Gasteiger partial charge is 0.385 e. The van der Waals surface area contributed by atoms with E-state index in [9.17, 15) is 9.59 Å². The first-order valence-corrected chi connectivity index (χ1v) is 14.6. The number of allylic oxidation sites excluding steroid dienone is 1. The minimum absolute atomic E-state index is 0.143. The molecule has 1 aliphatic carbocycles. The van der Waals surface area contributed by atoms with Crippen LogP contribution in [0, 0.1) is 39.5 Å². The summed E-state index contributed by atoms with van der Waals surface area (Å²) in [4.78, 5) is 31.1. The van der Waals surface area contributed by atoms with Crippen LogP contribution in [0.4, 0.5) is 5.69 Å². The Hall–Kier alpha value is -2.86. The fourth-order valence-corrected chi connectivity index (χ4v) is 6.24. The number of pyridine rings is 1. The van der Waals surface area contributed by atoms with Gasteiger partial charge < -0.3 is 19.9 Å². The quantitative estimate of drug-likeness (QED) is 0.239. The van der Waals surface area contributed by atoms with Crippen molar-refractivity contribution in [3.63, 3.8) is 0 Å². The predicted octanol–water partition coefficient (Wildman–Crippen LogP) is 6.54. The maximum atomic E-state index is 13.3. The summed E-state index contributed by atoms with van der Waals surface area (Å²) in [5.41, 5.74) is 7.44. The second-order valence-corrected chi connectivity index (χ2v) is 11.5. The van der Waals surface area contributed by atoms with Gasteiger partial charge in [0.15, 0.2) is 0 Å². The molecule has 1 saturated carbocycles. The lowest BCUT2D eigenvalue weighted by Gasteiger charge is -2.40. The van der Waals surface area contributed by atoms with Crippen molar-refractivity contribution in [2.75, 3.05) is 25.2 Å². The van der Waals surface area contributed by atoms with Crippen LogP contribution in [-0.4, -0.2) is 37.2 Å². The summed E-state index contributed by atoms with van der Waals surface area (Å²) in [6.45, 7) is 18.8. The van der Waals surface area contributed by atoms with Gasteiger partial charge in [-0.3, -0.25) is 9.59 Å². The minimum Gasteiger partial charge on any atom is -0.385 e. The zero-order chi connectivity index (χ0) is 28.7. The van der Waals surface area contributed by atoms with Crippen molar-refractivity contribution in [1.82, 2.24) is 10.3 Å². The number of ether oxygens (including phenoxy) is 1. The summed E-state index contributed by atoms with van der Waals surface area (Å²) >= 11 is 0. The fraction of sp³-hybridized carbons (Fsp3) is 0.576. The Morgan fingerprint density at radius 3 is 2.46 bits per heavy atom. The van der Waals surface area contributed by atoms with Gasteiger partial charge in [0, 0.05) is 55.4 Å². The van der Waals surface area contributed by atoms with Crippen molar-refractivity contribution in [1.29, 1.82) is 0 Å². The van der Waals surface area contributed by atoms with E-state index in [4.69, 9.17) is 4.74 Å². The van der Waals surface area contributed by atoms with Crippen LogP contribution in [0.5, 0.6) is 0 Å². The first-order chi connectivity index (χ1) is 18.6. The zero-order valence-electron chi connectivity index (χ0n) is 25.2. The SMILES string of the molecule is C=C(C(C)CCCOC)C1CCC(N(CC)c2cc(C)cc(C(=O)NCc3c(C)cc(C)[nH]c3=O)c2C)CC1. The van der Waals surface area contributed by atoms with Crippen LogP contribution >= 0.6 is 0 Å². The number of nitrogens with zero attached hydrogens (tertiary/aromatic N) is 1. The van der Waals surface area contributed by atoms with E-state index in [1.54, 1.807) is 7.11 Å². The summed E-state index contributed by atoms with van der Waals surface area (Å²) in [7, 11) is 1.76. The van der Waals surface area contributed by atoms with Gasteiger partial charge in [-0.1, -0.05) is 19.1 Å². The zero-order valence-corrected chi connectivity index (χ0v) is 25.2.